The third-order valence-corrected chi connectivity index (χ3v) is 1.93. The van der Waals surface area contributed by atoms with Gasteiger partial charge in [0, 0.05) is 6.20 Å². The Morgan fingerprint density at radius 1 is 1.36 bits per heavy atom. The highest BCUT2D eigenvalue weighted by molar-refractivity contribution is 5.99. The fourth-order valence-corrected chi connectivity index (χ4v) is 1.15. The van der Waals surface area contributed by atoms with Crippen LogP contribution in [-0.4, -0.2) is 11.9 Å². The normalized spacial score (nSPS) is 28.9. The van der Waals surface area contributed by atoms with E-state index in [2.05, 4.69) is 4.99 Å². The van der Waals surface area contributed by atoms with Gasteiger partial charge in [0.05, 0.1) is 0 Å². The van der Waals surface area contributed by atoms with Crippen molar-refractivity contribution in [3.8, 4) is 0 Å². The fourth-order valence-electron chi connectivity index (χ4n) is 1.15. The van der Waals surface area contributed by atoms with Crippen molar-refractivity contribution < 1.29 is 13.2 Å². The van der Waals surface area contributed by atoms with Gasteiger partial charge in [-0.3, -0.25) is 4.99 Å². The molecule has 14 heavy (non-hydrogen) atoms. The van der Waals surface area contributed by atoms with Crippen LogP contribution in [0.15, 0.2) is 28.9 Å². The molecule has 0 aromatic rings. The lowest BCUT2D eigenvalue weighted by atomic mass is 10.1. The van der Waals surface area contributed by atoms with Crippen LogP contribution < -0.4 is 0 Å². The topological polar surface area (TPSA) is 12.4 Å². The summed E-state index contributed by atoms with van der Waals surface area (Å²) in [4.78, 5) is 3.44. The molecule has 0 aromatic carbocycles. The first-order valence-corrected chi connectivity index (χ1v) is 4.47. The lowest BCUT2D eigenvalue weighted by Gasteiger charge is -2.04. The molecule has 0 fully saturated rings. The van der Waals surface area contributed by atoms with Gasteiger partial charge < -0.3 is 0 Å². The minimum absolute atomic E-state index is 0.667. The summed E-state index contributed by atoms with van der Waals surface area (Å²) in [6.45, 7) is 1.79. The van der Waals surface area contributed by atoms with Crippen molar-refractivity contribution in [1.82, 2.24) is 0 Å². The van der Waals surface area contributed by atoms with E-state index in [1.165, 1.54) is 12.3 Å². The van der Waals surface area contributed by atoms with Crippen LogP contribution in [0.1, 0.15) is 26.2 Å². The summed E-state index contributed by atoms with van der Waals surface area (Å²) in [7, 11) is 0. The van der Waals surface area contributed by atoms with Crippen molar-refractivity contribution in [2.24, 2.45) is 4.99 Å². The average Bonchev–Trinajstić information content (AvgIpc) is 2.15. The van der Waals surface area contributed by atoms with Crippen LogP contribution in [0.2, 0.25) is 0 Å². The number of hydrogen-bond acceptors (Lipinski definition) is 1. The van der Waals surface area contributed by atoms with E-state index in [0.717, 1.165) is 24.5 Å². The van der Waals surface area contributed by atoms with Crippen LogP contribution in [0.25, 0.3) is 0 Å². The minimum atomic E-state index is -4.35. The third-order valence-electron chi connectivity index (χ3n) is 1.93. The lowest BCUT2D eigenvalue weighted by Crippen LogP contribution is -2.20. The fraction of sp³-hybridized carbons (Fsp3) is 0.500. The maximum atomic E-state index is 12.3. The molecule has 1 nitrogen and oxygen atoms in total. The second kappa shape index (κ2) is 4.44. The molecule has 0 bridgehead atoms. The van der Waals surface area contributed by atoms with Gasteiger partial charge in [-0.1, -0.05) is 11.6 Å². The first kappa shape index (κ1) is 11.0. The summed E-state index contributed by atoms with van der Waals surface area (Å²) in [6.07, 6.45) is 1.88. The van der Waals surface area contributed by atoms with E-state index in [1.54, 1.807) is 6.92 Å². The molecule has 1 aliphatic rings. The SMILES string of the molecule is C/C1=C/N=C(C(F)(F)F)/C=C\CCC1. The van der Waals surface area contributed by atoms with Crippen LogP contribution in [0.3, 0.4) is 0 Å². The Hall–Kier alpha value is -1.06. The molecule has 0 unspecified atom stereocenters. The predicted molar refractivity (Wildman–Crippen MR) is 50.2 cm³/mol. The summed E-state index contributed by atoms with van der Waals surface area (Å²) in [5.74, 6) is 0. The van der Waals surface area contributed by atoms with Crippen molar-refractivity contribution >= 4 is 5.71 Å². The van der Waals surface area contributed by atoms with Crippen molar-refractivity contribution in [2.75, 3.05) is 0 Å². The first-order valence-electron chi connectivity index (χ1n) is 4.47. The molecule has 1 heterocycles. The Bertz CT molecular complexity index is 284. The van der Waals surface area contributed by atoms with E-state index in [0.29, 0.717) is 6.42 Å². The molecule has 1 aliphatic heterocycles. The van der Waals surface area contributed by atoms with Gasteiger partial charge >= 0.3 is 6.18 Å². The molecule has 0 aromatic heterocycles. The monoisotopic (exact) mass is 203 g/mol. The van der Waals surface area contributed by atoms with Gasteiger partial charge in [0.25, 0.3) is 0 Å². The minimum Gasteiger partial charge on any atom is -0.252 e. The third kappa shape index (κ3) is 3.36. The van der Waals surface area contributed by atoms with E-state index in [4.69, 9.17) is 0 Å². The number of rotatable bonds is 0. The van der Waals surface area contributed by atoms with Crippen LogP contribution in [0.4, 0.5) is 13.2 Å². The second-order valence-electron chi connectivity index (χ2n) is 3.28. The van der Waals surface area contributed by atoms with Crippen molar-refractivity contribution in [3.63, 3.8) is 0 Å². The van der Waals surface area contributed by atoms with Crippen LogP contribution >= 0.6 is 0 Å². The summed E-state index contributed by atoms with van der Waals surface area (Å²) < 4.78 is 36.9. The molecule has 0 amide bonds. The molecule has 1 rings (SSSR count). The summed E-state index contributed by atoms with van der Waals surface area (Å²) in [5.41, 5.74) is 0.0641. The Kier molecular flexibility index (Phi) is 3.49. The molecular weight excluding hydrogens is 191 g/mol. The maximum Gasteiger partial charge on any atom is 0.433 e. The number of nitrogens with zero attached hydrogens (tertiary/aromatic N) is 1. The Balaban J connectivity index is 2.94. The summed E-state index contributed by atoms with van der Waals surface area (Å²) >= 11 is 0. The van der Waals surface area contributed by atoms with Gasteiger partial charge in [0.15, 0.2) is 0 Å². The number of allylic oxidation sites excluding steroid dienone is 3. The number of halogens is 3. The summed E-state index contributed by atoms with van der Waals surface area (Å²) in [6, 6.07) is 0. The molecule has 0 spiro atoms. The van der Waals surface area contributed by atoms with E-state index < -0.39 is 11.9 Å². The summed E-state index contributed by atoms with van der Waals surface area (Å²) in [5, 5.41) is 0. The van der Waals surface area contributed by atoms with E-state index in [9.17, 15) is 13.2 Å². The molecule has 4 heteroatoms. The van der Waals surface area contributed by atoms with Crippen LogP contribution in [-0.2, 0) is 0 Å². The van der Waals surface area contributed by atoms with Gasteiger partial charge in [0.2, 0.25) is 0 Å². The van der Waals surface area contributed by atoms with Gasteiger partial charge in [-0.2, -0.15) is 13.2 Å². The highest BCUT2D eigenvalue weighted by Gasteiger charge is 2.33. The lowest BCUT2D eigenvalue weighted by molar-refractivity contribution is -0.0576. The van der Waals surface area contributed by atoms with Crippen molar-refractivity contribution in [3.05, 3.63) is 23.9 Å². The molecule has 0 saturated heterocycles. The highest BCUT2D eigenvalue weighted by atomic mass is 19.4. The predicted octanol–water partition coefficient (Wildman–Crippen LogP) is 3.63. The average molecular weight is 203 g/mol. The standard InChI is InChI=1S/C10H12F3N/c1-8-5-3-2-4-6-9(14-7-8)10(11,12)13/h4,6-7H,2-3,5H2,1H3/b6-4-,8-7-,14-9-. The number of aliphatic imine (C=N–C) groups is 1. The molecule has 0 atom stereocenters. The molecule has 0 saturated carbocycles. The van der Waals surface area contributed by atoms with E-state index in [1.807, 2.05) is 0 Å². The highest BCUT2D eigenvalue weighted by Crippen LogP contribution is 2.20. The zero-order chi connectivity index (χ0) is 10.6. The van der Waals surface area contributed by atoms with Gasteiger partial charge in [-0.05, 0) is 32.3 Å². The molecular formula is C10H12F3N. The van der Waals surface area contributed by atoms with Gasteiger partial charge in [-0.25, -0.2) is 0 Å². The van der Waals surface area contributed by atoms with E-state index in [-0.39, 0.29) is 0 Å². The zero-order valence-corrected chi connectivity index (χ0v) is 7.93. The van der Waals surface area contributed by atoms with Gasteiger partial charge in [-0.15, -0.1) is 0 Å². The van der Waals surface area contributed by atoms with Crippen LogP contribution in [0, 0.1) is 0 Å². The Labute approximate surface area is 81.0 Å². The maximum absolute atomic E-state index is 12.3. The number of alkyl halides is 3. The van der Waals surface area contributed by atoms with Crippen LogP contribution in [0.5, 0.6) is 0 Å². The Morgan fingerprint density at radius 2 is 2.07 bits per heavy atom. The van der Waals surface area contributed by atoms with Gasteiger partial charge in [0.1, 0.15) is 5.71 Å². The molecule has 0 N–H and O–H groups in total. The largest absolute Gasteiger partial charge is 0.433 e. The van der Waals surface area contributed by atoms with Crippen molar-refractivity contribution in [1.29, 1.82) is 0 Å². The second-order valence-corrected chi connectivity index (χ2v) is 3.28. The first-order chi connectivity index (χ1) is 6.50. The molecule has 78 valence electrons. The number of hydrogen-bond donors (Lipinski definition) is 0. The van der Waals surface area contributed by atoms with E-state index >= 15 is 0 Å². The molecule has 0 radical (unpaired) electrons. The zero-order valence-electron chi connectivity index (χ0n) is 7.93. The quantitative estimate of drug-likeness (QED) is 0.570. The Morgan fingerprint density at radius 3 is 2.71 bits per heavy atom. The van der Waals surface area contributed by atoms with Crippen molar-refractivity contribution in [2.45, 2.75) is 32.4 Å². The smallest absolute Gasteiger partial charge is 0.252 e. The molecule has 0 aliphatic carbocycles.